The highest BCUT2D eigenvalue weighted by Crippen LogP contribution is 2.20. The van der Waals surface area contributed by atoms with Crippen LogP contribution in [-0.4, -0.2) is 71.4 Å². The fourth-order valence-electron chi connectivity index (χ4n) is 2.55. The van der Waals surface area contributed by atoms with E-state index in [0.717, 1.165) is 11.3 Å². The van der Waals surface area contributed by atoms with Crippen LogP contribution < -0.4 is 4.90 Å². The van der Waals surface area contributed by atoms with Gasteiger partial charge in [-0.1, -0.05) is 12.1 Å². The fraction of sp³-hybridized carbons (Fsp3) is 0.412. The molecule has 0 bridgehead atoms. The smallest absolute Gasteiger partial charge is 0.275 e. The summed E-state index contributed by atoms with van der Waals surface area (Å²) in [6, 6.07) is 7.52. The Bertz CT molecular complexity index is 619. The maximum absolute atomic E-state index is 12.2. The van der Waals surface area contributed by atoms with E-state index >= 15 is 0 Å². The van der Waals surface area contributed by atoms with Gasteiger partial charge >= 0.3 is 0 Å². The van der Waals surface area contributed by atoms with Gasteiger partial charge in [0, 0.05) is 18.8 Å². The molecule has 0 spiro atoms. The zero-order valence-corrected chi connectivity index (χ0v) is 13.7. The van der Waals surface area contributed by atoms with Crippen molar-refractivity contribution in [2.24, 2.45) is 5.10 Å². The van der Waals surface area contributed by atoms with E-state index < -0.39 is 0 Å². The second-order valence-electron chi connectivity index (χ2n) is 5.42. The first kappa shape index (κ1) is 18.1. The number of hydrogen-bond donors (Lipinski definition) is 3. The van der Waals surface area contributed by atoms with E-state index in [1.807, 2.05) is 29.2 Å². The molecule has 7 nitrogen and oxygen atoms in total. The van der Waals surface area contributed by atoms with Crippen LogP contribution in [0.4, 0.5) is 5.69 Å². The van der Waals surface area contributed by atoms with Crippen molar-refractivity contribution in [2.75, 3.05) is 44.4 Å². The molecule has 0 radical (unpaired) electrons. The standard InChI is InChI=1S/C17H23N3O4/c1-13-16(17(24)20(18-13)8-11-23)12-14-2-4-15(5-3-14)19(6-9-21)7-10-22/h2-5,12,21-23H,6-11H2,1H3/b16-12-. The highest BCUT2D eigenvalue weighted by atomic mass is 16.3. The second-order valence-corrected chi connectivity index (χ2v) is 5.42. The number of aliphatic hydroxyl groups excluding tert-OH is 3. The van der Waals surface area contributed by atoms with Crippen LogP contribution in [0.1, 0.15) is 12.5 Å². The molecule has 0 aliphatic carbocycles. The first-order valence-electron chi connectivity index (χ1n) is 7.87. The Kier molecular flexibility index (Phi) is 6.48. The van der Waals surface area contributed by atoms with Gasteiger partial charge in [-0.3, -0.25) is 4.79 Å². The molecular formula is C17H23N3O4. The topological polar surface area (TPSA) is 96.6 Å². The molecule has 2 rings (SSSR count). The number of anilines is 1. The van der Waals surface area contributed by atoms with Crippen LogP contribution in [0.5, 0.6) is 0 Å². The van der Waals surface area contributed by atoms with Crippen LogP contribution in [-0.2, 0) is 4.79 Å². The molecule has 7 heteroatoms. The number of β-amino-alcohol motifs (C(OH)–C–C–N with tert-alkyl or cyclic N) is 1. The molecule has 0 unspecified atom stereocenters. The van der Waals surface area contributed by atoms with E-state index in [9.17, 15) is 4.79 Å². The summed E-state index contributed by atoms with van der Waals surface area (Å²) in [4.78, 5) is 14.1. The second kappa shape index (κ2) is 8.58. The summed E-state index contributed by atoms with van der Waals surface area (Å²) >= 11 is 0. The maximum atomic E-state index is 12.2. The Balaban J connectivity index is 2.16. The Morgan fingerprint density at radius 3 is 2.25 bits per heavy atom. The summed E-state index contributed by atoms with van der Waals surface area (Å²) < 4.78 is 0. The number of nitrogens with zero attached hydrogens (tertiary/aromatic N) is 3. The Labute approximate surface area is 141 Å². The van der Waals surface area contributed by atoms with Crippen LogP contribution in [0, 0.1) is 0 Å². The van der Waals surface area contributed by atoms with Gasteiger partial charge in [-0.05, 0) is 30.7 Å². The van der Waals surface area contributed by atoms with Crippen LogP contribution in [0.3, 0.4) is 0 Å². The van der Waals surface area contributed by atoms with Crippen molar-refractivity contribution in [3.8, 4) is 0 Å². The molecule has 1 aromatic carbocycles. The van der Waals surface area contributed by atoms with Crippen molar-refractivity contribution < 1.29 is 20.1 Å². The first-order chi connectivity index (χ1) is 11.6. The molecule has 1 aliphatic rings. The third-order valence-corrected chi connectivity index (χ3v) is 3.75. The van der Waals surface area contributed by atoms with Gasteiger partial charge in [0.05, 0.1) is 37.7 Å². The van der Waals surface area contributed by atoms with E-state index in [0.29, 0.717) is 24.4 Å². The zero-order valence-electron chi connectivity index (χ0n) is 13.7. The van der Waals surface area contributed by atoms with E-state index in [4.69, 9.17) is 15.3 Å². The zero-order chi connectivity index (χ0) is 17.5. The Morgan fingerprint density at radius 1 is 1.08 bits per heavy atom. The molecule has 1 aromatic rings. The number of amides is 1. The molecule has 0 fully saturated rings. The van der Waals surface area contributed by atoms with Crippen molar-refractivity contribution in [1.29, 1.82) is 0 Å². The number of rotatable bonds is 8. The minimum Gasteiger partial charge on any atom is -0.395 e. The van der Waals surface area contributed by atoms with Gasteiger partial charge in [0.1, 0.15) is 0 Å². The molecule has 0 saturated heterocycles. The van der Waals surface area contributed by atoms with Gasteiger partial charge < -0.3 is 20.2 Å². The predicted molar refractivity (Wildman–Crippen MR) is 92.7 cm³/mol. The monoisotopic (exact) mass is 333 g/mol. The van der Waals surface area contributed by atoms with Gasteiger partial charge in [-0.25, -0.2) is 5.01 Å². The largest absolute Gasteiger partial charge is 0.395 e. The molecule has 130 valence electrons. The average Bonchev–Trinajstić information content (AvgIpc) is 2.83. The molecule has 0 aromatic heterocycles. The van der Waals surface area contributed by atoms with E-state index in [-0.39, 0.29) is 32.3 Å². The lowest BCUT2D eigenvalue weighted by atomic mass is 10.1. The number of aliphatic hydroxyl groups is 3. The fourth-order valence-corrected chi connectivity index (χ4v) is 2.55. The van der Waals surface area contributed by atoms with Crippen molar-refractivity contribution >= 4 is 23.4 Å². The van der Waals surface area contributed by atoms with E-state index in [1.54, 1.807) is 13.0 Å². The summed E-state index contributed by atoms with van der Waals surface area (Å²) in [6.45, 7) is 2.73. The Morgan fingerprint density at radius 2 is 1.71 bits per heavy atom. The normalized spacial score (nSPS) is 16.0. The lowest BCUT2D eigenvalue weighted by molar-refractivity contribution is -0.126. The number of hydrogen-bond acceptors (Lipinski definition) is 6. The van der Waals surface area contributed by atoms with Gasteiger partial charge in [-0.2, -0.15) is 5.10 Å². The highest BCUT2D eigenvalue weighted by Gasteiger charge is 2.26. The van der Waals surface area contributed by atoms with Crippen LogP contribution in [0.2, 0.25) is 0 Å². The summed E-state index contributed by atoms with van der Waals surface area (Å²) in [5, 5.41) is 32.5. The van der Waals surface area contributed by atoms with Gasteiger partial charge in [0.25, 0.3) is 5.91 Å². The lowest BCUT2D eigenvalue weighted by Gasteiger charge is -2.22. The average molecular weight is 333 g/mol. The molecule has 1 aliphatic heterocycles. The van der Waals surface area contributed by atoms with Crippen LogP contribution in [0.25, 0.3) is 6.08 Å². The SMILES string of the molecule is CC1=NN(CCO)C(=O)/C1=C\c1ccc(N(CCO)CCO)cc1. The third-order valence-electron chi connectivity index (χ3n) is 3.75. The predicted octanol–water partition coefficient (Wildman–Crippen LogP) is 0.0714. The molecule has 24 heavy (non-hydrogen) atoms. The minimum atomic E-state index is -0.215. The summed E-state index contributed by atoms with van der Waals surface area (Å²) in [5.74, 6) is -0.215. The number of carbonyl (C=O) groups is 1. The lowest BCUT2D eigenvalue weighted by Crippen LogP contribution is -2.29. The number of carbonyl (C=O) groups excluding carboxylic acids is 1. The molecule has 0 saturated carbocycles. The van der Waals surface area contributed by atoms with Crippen molar-refractivity contribution in [1.82, 2.24) is 5.01 Å². The molecule has 3 N–H and O–H groups in total. The van der Waals surface area contributed by atoms with Gasteiger partial charge in [0.2, 0.25) is 0 Å². The minimum absolute atomic E-state index is 0.0106. The maximum Gasteiger partial charge on any atom is 0.275 e. The highest BCUT2D eigenvalue weighted by molar-refractivity contribution is 6.26. The Hall–Kier alpha value is -2.22. The van der Waals surface area contributed by atoms with Gasteiger partial charge in [0.15, 0.2) is 0 Å². The van der Waals surface area contributed by atoms with E-state index in [1.165, 1.54) is 5.01 Å². The number of benzene rings is 1. The molecular weight excluding hydrogens is 310 g/mol. The number of hydrazone groups is 1. The summed E-state index contributed by atoms with van der Waals surface area (Å²) in [6.07, 6.45) is 1.77. The van der Waals surface area contributed by atoms with Crippen molar-refractivity contribution in [3.05, 3.63) is 35.4 Å². The van der Waals surface area contributed by atoms with Crippen molar-refractivity contribution in [2.45, 2.75) is 6.92 Å². The van der Waals surface area contributed by atoms with Gasteiger partial charge in [-0.15, -0.1) is 0 Å². The van der Waals surface area contributed by atoms with Crippen LogP contribution >= 0.6 is 0 Å². The quantitative estimate of drug-likeness (QED) is 0.585. The third kappa shape index (κ3) is 4.19. The summed E-state index contributed by atoms with van der Waals surface area (Å²) in [5.41, 5.74) is 2.89. The molecule has 1 amide bonds. The molecule has 0 atom stereocenters. The van der Waals surface area contributed by atoms with Crippen molar-refractivity contribution in [3.63, 3.8) is 0 Å². The van der Waals surface area contributed by atoms with E-state index in [2.05, 4.69) is 5.10 Å². The summed E-state index contributed by atoms with van der Waals surface area (Å²) in [7, 11) is 0. The first-order valence-corrected chi connectivity index (χ1v) is 7.87. The molecule has 1 heterocycles. The van der Waals surface area contributed by atoms with Crippen LogP contribution in [0.15, 0.2) is 34.9 Å².